The summed E-state index contributed by atoms with van der Waals surface area (Å²) in [5.74, 6) is -0.163. The van der Waals surface area contributed by atoms with Crippen LogP contribution in [0.5, 0.6) is 0 Å². The van der Waals surface area contributed by atoms with Gasteiger partial charge in [-0.25, -0.2) is 22.5 Å². The molecular formula is C32H33FN4O3S. The Hall–Kier alpha value is -3.82. The Morgan fingerprint density at radius 1 is 1.10 bits per heavy atom. The van der Waals surface area contributed by atoms with Gasteiger partial charge in [0.25, 0.3) is 0 Å². The number of fused-ring (bicyclic) bond motifs is 1. The number of carbonyl (C=O) groups is 1. The number of sulfonamides is 1. The summed E-state index contributed by atoms with van der Waals surface area (Å²) in [5.41, 5.74) is 4.18. The number of aryl methyl sites for hydroxylation is 3. The van der Waals surface area contributed by atoms with Crippen LogP contribution in [0, 0.1) is 18.7 Å². The van der Waals surface area contributed by atoms with Crippen molar-refractivity contribution in [2.45, 2.75) is 56.0 Å². The number of amides is 1. The molecule has 1 amide bonds. The molecule has 212 valence electrons. The molecule has 2 aliphatic rings. The fourth-order valence-corrected chi connectivity index (χ4v) is 7.07. The normalized spacial score (nSPS) is 19.9. The molecule has 4 aromatic rings. The van der Waals surface area contributed by atoms with Crippen LogP contribution in [0.25, 0.3) is 0 Å². The van der Waals surface area contributed by atoms with Gasteiger partial charge in [0.15, 0.2) is 0 Å². The monoisotopic (exact) mass is 572 g/mol. The molecule has 3 aromatic carbocycles. The first-order valence-corrected chi connectivity index (χ1v) is 15.4. The van der Waals surface area contributed by atoms with E-state index in [1.165, 1.54) is 6.07 Å². The highest BCUT2D eigenvalue weighted by atomic mass is 32.2. The first-order valence-electron chi connectivity index (χ1n) is 13.9. The lowest BCUT2D eigenvalue weighted by Gasteiger charge is -2.29. The van der Waals surface area contributed by atoms with Crippen molar-refractivity contribution >= 4 is 21.6 Å². The van der Waals surface area contributed by atoms with E-state index < -0.39 is 16.1 Å². The molecule has 0 bridgehead atoms. The highest BCUT2D eigenvalue weighted by Crippen LogP contribution is 2.50. The average Bonchev–Trinajstić information content (AvgIpc) is 3.65. The molecule has 0 aliphatic heterocycles. The Bertz CT molecular complexity index is 1700. The van der Waals surface area contributed by atoms with E-state index in [2.05, 4.69) is 9.71 Å². The lowest BCUT2D eigenvalue weighted by Crippen LogP contribution is -2.34. The number of hydrogen-bond donors (Lipinski definition) is 1. The van der Waals surface area contributed by atoms with Gasteiger partial charge in [0.2, 0.25) is 15.9 Å². The van der Waals surface area contributed by atoms with Crippen LogP contribution in [0.15, 0.2) is 84.0 Å². The second-order valence-electron chi connectivity index (χ2n) is 11.1. The van der Waals surface area contributed by atoms with E-state index in [0.29, 0.717) is 24.1 Å². The molecule has 1 aromatic heterocycles. The Kier molecular flexibility index (Phi) is 7.25. The molecule has 6 rings (SSSR count). The molecule has 0 unspecified atom stereocenters. The van der Waals surface area contributed by atoms with Crippen molar-refractivity contribution < 1.29 is 17.6 Å². The molecule has 1 fully saturated rings. The zero-order chi connectivity index (χ0) is 28.7. The van der Waals surface area contributed by atoms with Gasteiger partial charge >= 0.3 is 0 Å². The molecule has 2 aliphatic carbocycles. The molecule has 7 nitrogen and oxygen atoms in total. The van der Waals surface area contributed by atoms with Gasteiger partial charge in [0, 0.05) is 37.1 Å². The summed E-state index contributed by atoms with van der Waals surface area (Å²) < 4.78 is 45.9. The fraction of sp³-hybridized carbons (Fsp3) is 0.312. The molecule has 0 radical (unpaired) electrons. The number of rotatable bonds is 8. The van der Waals surface area contributed by atoms with Gasteiger partial charge in [0.1, 0.15) is 11.6 Å². The SMILES string of the molecule is Cc1ccc(S(=O)(=O)N[C@@H]2CCCc3ccc(N(Cc4nccn4C)C(=O)[C@@H]4C[C@H]4c4ccccc4F)cc32)cc1. The third-order valence-corrected chi connectivity index (χ3v) is 9.77. The van der Waals surface area contributed by atoms with Crippen molar-refractivity contribution in [1.82, 2.24) is 14.3 Å². The number of carbonyl (C=O) groups excluding carboxylic acids is 1. The summed E-state index contributed by atoms with van der Waals surface area (Å²) >= 11 is 0. The van der Waals surface area contributed by atoms with Crippen LogP contribution >= 0.6 is 0 Å². The summed E-state index contributed by atoms with van der Waals surface area (Å²) in [6.45, 7) is 2.17. The van der Waals surface area contributed by atoms with E-state index in [0.717, 1.165) is 35.4 Å². The van der Waals surface area contributed by atoms with Gasteiger partial charge < -0.3 is 9.47 Å². The largest absolute Gasteiger partial charge is 0.337 e. The van der Waals surface area contributed by atoms with Crippen molar-refractivity contribution in [2.24, 2.45) is 13.0 Å². The minimum absolute atomic E-state index is 0.0891. The number of anilines is 1. The maximum Gasteiger partial charge on any atom is 0.241 e. The number of aromatic nitrogens is 2. The lowest BCUT2D eigenvalue weighted by molar-refractivity contribution is -0.120. The third kappa shape index (κ3) is 5.56. The van der Waals surface area contributed by atoms with E-state index in [-0.39, 0.29) is 35.0 Å². The van der Waals surface area contributed by atoms with Gasteiger partial charge in [-0.2, -0.15) is 0 Å². The van der Waals surface area contributed by atoms with E-state index in [1.54, 1.807) is 53.6 Å². The number of benzene rings is 3. The molecule has 1 N–H and O–H groups in total. The highest BCUT2D eigenvalue weighted by Gasteiger charge is 2.47. The van der Waals surface area contributed by atoms with Crippen molar-refractivity contribution in [1.29, 1.82) is 0 Å². The molecule has 41 heavy (non-hydrogen) atoms. The topological polar surface area (TPSA) is 84.3 Å². The van der Waals surface area contributed by atoms with Crippen LogP contribution in [0.1, 0.15) is 59.3 Å². The van der Waals surface area contributed by atoms with Crippen LogP contribution in [0.4, 0.5) is 10.1 Å². The van der Waals surface area contributed by atoms with Crippen LogP contribution in [-0.2, 0) is 34.8 Å². The minimum atomic E-state index is -3.74. The van der Waals surface area contributed by atoms with E-state index in [4.69, 9.17) is 0 Å². The van der Waals surface area contributed by atoms with Crippen molar-refractivity contribution in [3.05, 3.63) is 113 Å². The van der Waals surface area contributed by atoms with Gasteiger partial charge in [-0.05, 0) is 85.5 Å². The molecule has 0 saturated heterocycles. The van der Waals surface area contributed by atoms with Gasteiger partial charge in [-0.3, -0.25) is 4.79 Å². The summed E-state index contributed by atoms with van der Waals surface area (Å²) in [6.07, 6.45) is 6.47. The zero-order valence-corrected chi connectivity index (χ0v) is 23.9. The van der Waals surface area contributed by atoms with Crippen LogP contribution < -0.4 is 9.62 Å². The Morgan fingerprint density at radius 2 is 1.88 bits per heavy atom. The smallest absolute Gasteiger partial charge is 0.241 e. The first kappa shape index (κ1) is 27.4. The number of hydrogen-bond acceptors (Lipinski definition) is 4. The number of imidazole rings is 1. The van der Waals surface area contributed by atoms with Crippen LogP contribution in [0.3, 0.4) is 0 Å². The van der Waals surface area contributed by atoms with E-state index in [9.17, 15) is 17.6 Å². The molecule has 3 atom stereocenters. The number of nitrogens with one attached hydrogen (secondary N) is 1. The number of halogens is 1. The Balaban J connectivity index is 1.32. The average molecular weight is 573 g/mol. The molecule has 1 heterocycles. The highest BCUT2D eigenvalue weighted by molar-refractivity contribution is 7.89. The molecule has 1 saturated carbocycles. The molecular weight excluding hydrogens is 539 g/mol. The predicted octanol–water partition coefficient (Wildman–Crippen LogP) is 5.56. The summed E-state index contributed by atoms with van der Waals surface area (Å²) in [4.78, 5) is 20.4. The summed E-state index contributed by atoms with van der Waals surface area (Å²) in [6, 6.07) is 18.9. The predicted molar refractivity (Wildman–Crippen MR) is 155 cm³/mol. The van der Waals surface area contributed by atoms with Gasteiger partial charge in [-0.15, -0.1) is 0 Å². The van der Waals surface area contributed by atoms with Gasteiger partial charge in [-0.1, -0.05) is 42.0 Å². The molecule has 9 heteroatoms. The third-order valence-electron chi connectivity index (χ3n) is 8.28. The second-order valence-corrected chi connectivity index (χ2v) is 12.8. The Morgan fingerprint density at radius 3 is 2.61 bits per heavy atom. The van der Waals surface area contributed by atoms with Crippen molar-refractivity contribution in [3.8, 4) is 0 Å². The van der Waals surface area contributed by atoms with Crippen molar-refractivity contribution in [3.63, 3.8) is 0 Å². The Labute approximate surface area is 240 Å². The second kappa shape index (κ2) is 10.9. The lowest BCUT2D eigenvalue weighted by atomic mass is 9.87. The van der Waals surface area contributed by atoms with Crippen molar-refractivity contribution in [2.75, 3.05) is 4.90 Å². The zero-order valence-electron chi connectivity index (χ0n) is 23.1. The van der Waals surface area contributed by atoms with Crippen LogP contribution in [-0.4, -0.2) is 23.9 Å². The van der Waals surface area contributed by atoms with Gasteiger partial charge in [0.05, 0.1) is 11.4 Å². The summed E-state index contributed by atoms with van der Waals surface area (Å²) in [7, 11) is -1.86. The summed E-state index contributed by atoms with van der Waals surface area (Å²) in [5, 5.41) is 0. The standard InChI is InChI=1S/C32H33FN4O3S/c1-21-10-14-24(15-11-21)41(39,40)35-30-9-5-6-22-12-13-23(18-26(22)30)37(20-31-34-16-17-36(31)2)32(38)28-19-27(28)25-7-3-4-8-29(25)33/h3-4,7-8,10-18,27-28,30,35H,5-6,9,19-20H2,1-2H3/t27-,28+,30+/m0/s1. The quantitative estimate of drug-likeness (QED) is 0.300. The maximum atomic E-state index is 14.5. The van der Waals surface area contributed by atoms with E-state index in [1.807, 2.05) is 42.9 Å². The minimum Gasteiger partial charge on any atom is -0.337 e. The number of nitrogens with zero attached hydrogens (tertiary/aromatic N) is 3. The first-order chi connectivity index (χ1) is 19.7. The fourth-order valence-electron chi connectivity index (χ4n) is 5.82. The van der Waals surface area contributed by atoms with E-state index >= 15 is 0 Å². The van der Waals surface area contributed by atoms with Crippen LogP contribution in [0.2, 0.25) is 0 Å². The molecule has 0 spiro atoms. The maximum absolute atomic E-state index is 14.5.